The summed E-state index contributed by atoms with van der Waals surface area (Å²) in [5.41, 5.74) is 0. The molecule has 0 bridgehead atoms. The van der Waals surface area contributed by atoms with Gasteiger partial charge in [-0.2, -0.15) is 0 Å². The molecule has 6 heteroatoms. The number of rotatable bonds is 0. The largest absolute Gasteiger partial charge is 0.425 e. The van der Waals surface area contributed by atoms with Crippen molar-refractivity contribution in [3.05, 3.63) is 0 Å². The Hall–Kier alpha value is -0.460. The van der Waals surface area contributed by atoms with Gasteiger partial charge in [0.15, 0.2) is 0 Å². The minimum Gasteiger partial charge on any atom is -0.377 e. The summed E-state index contributed by atoms with van der Waals surface area (Å²) in [4.78, 5) is 0. The Kier molecular flexibility index (Phi) is 6.35. The normalized spacial score (nSPS) is 16.8. The van der Waals surface area contributed by atoms with Crippen molar-refractivity contribution in [2.45, 2.75) is 0 Å². The quantitative estimate of drug-likeness (QED) is 0.465. The molecule has 0 aliphatic carbocycles. The van der Waals surface area contributed by atoms with Crippen molar-refractivity contribution in [3.8, 4) is 0 Å². The standard InChI is InChI=1S/C4H8O2.O3S/c1-2-6-4-3-5-1;1-4(2)3/h1-4H2;. The van der Waals surface area contributed by atoms with Crippen molar-refractivity contribution in [3.63, 3.8) is 0 Å². The molecule has 10 heavy (non-hydrogen) atoms. The fraction of sp³-hybridized carbons (Fsp3) is 1.00. The van der Waals surface area contributed by atoms with Gasteiger partial charge in [-0.1, -0.05) is 0 Å². The van der Waals surface area contributed by atoms with Gasteiger partial charge in [-0.25, -0.2) is 0 Å². The molecule has 0 radical (unpaired) electrons. The van der Waals surface area contributed by atoms with Gasteiger partial charge < -0.3 is 9.47 Å². The van der Waals surface area contributed by atoms with Crippen LogP contribution in [0.3, 0.4) is 0 Å². The second-order valence-corrected chi connectivity index (χ2v) is 1.84. The molecule has 0 N–H and O–H groups in total. The summed E-state index contributed by atoms with van der Waals surface area (Å²) >= 11 is 0. The molecule has 0 amide bonds. The first kappa shape index (κ1) is 9.54. The van der Waals surface area contributed by atoms with Crippen LogP contribution in [0.4, 0.5) is 0 Å². The van der Waals surface area contributed by atoms with Crippen molar-refractivity contribution in [2.75, 3.05) is 26.4 Å². The molecule has 0 saturated carbocycles. The first-order chi connectivity index (χ1) is 4.73. The Labute approximate surface area is 60.0 Å². The lowest BCUT2D eigenvalue weighted by atomic mass is 10.6. The zero-order valence-electron chi connectivity index (χ0n) is 5.28. The fourth-order valence-corrected chi connectivity index (χ4v) is 0.440. The van der Waals surface area contributed by atoms with Crippen molar-refractivity contribution in [1.29, 1.82) is 0 Å². The summed E-state index contributed by atoms with van der Waals surface area (Å²) in [6.07, 6.45) is 0. The van der Waals surface area contributed by atoms with E-state index in [1.807, 2.05) is 0 Å². The zero-order valence-corrected chi connectivity index (χ0v) is 6.09. The van der Waals surface area contributed by atoms with Crippen molar-refractivity contribution in [1.82, 2.24) is 0 Å². The van der Waals surface area contributed by atoms with Gasteiger partial charge in [-0.3, -0.25) is 0 Å². The highest BCUT2D eigenvalue weighted by atomic mass is 32.2. The third-order valence-electron chi connectivity index (χ3n) is 0.744. The molecule has 60 valence electrons. The van der Waals surface area contributed by atoms with Gasteiger partial charge in [0.1, 0.15) is 0 Å². The van der Waals surface area contributed by atoms with E-state index in [0.29, 0.717) is 0 Å². The molecule has 1 heterocycles. The lowest BCUT2D eigenvalue weighted by Gasteiger charge is -2.09. The van der Waals surface area contributed by atoms with Gasteiger partial charge in [0.25, 0.3) is 0 Å². The summed E-state index contributed by atoms with van der Waals surface area (Å²) < 4.78 is 35.2. The van der Waals surface area contributed by atoms with Gasteiger partial charge in [-0.05, 0) is 0 Å². The van der Waals surface area contributed by atoms with E-state index < -0.39 is 10.6 Å². The van der Waals surface area contributed by atoms with Gasteiger partial charge in [0.05, 0.1) is 26.4 Å². The summed E-state index contributed by atoms with van der Waals surface area (Å²) in [5, 5.41) is 0. The molecule has 1 aliphatic rings. The predicted octanol–water partition coefficient (Wildman–Crippen LogP) is -0.971. The van der Waals surface area contributed by atoms with Crippen molar-refractivity contribution >= 4 is 10.6 Å². The third-order valence-corrected chi connectivity index (χ3v) is 0.744. The van der Waals surface area contributed by atoms with Crippen LogP contribution in [0.25, 0.3) is 0 Å². The molecular formula is C4H8O5S. The Morgan fingerprint density at radius 2 is 1.00 bits per heavy atom. The third kappa shape index (κ3) is 10.5. The van der Waals surface area contributed by atoms with E-state index in [9.17, 15) is 0 Å². The molecule has 1 rings (SSSR count). The highest BCUT2D eigenvalue weighted by Crippen LogP contribution is 1.85. The molecule has 1 aliphatic heterocycles. The van der Waals surface area contributed by atoms with Gasteiger partial charge in [0, 0.05) is 0 Å². The van der Waals surface area contributed by atoms with Gasteiger partial charge >= 0.3 is 10.6 Å². The maximum Gasteiger partial charge on any atom is 0.425 e. The molecule has 0 atom stereocenters. The molecule has 0 aromatic heterocycles. The lowest BCUT2D eigenvalue weighted by Crippen LogP contribution is -2.16. The lowest BCUT2D eigenvalue weighted by molar-refractivity contribution is -0.0334. The van der Waals surface area contributed by atoms with E-state index in [1.54, 1.807) is 0 Å². The smallest absolute Gasteiger partial charge is 0.377 e. The molecule has 1 fully saturated rings. The topological polar surface area (TPSA) is 69.7 Å². The molecule has 5 nitrogen and oxygen atoms in total. The molecule has 0 aromatic carbocycles. The minimum absolute atomic E-state index is 0.778. The number of hydrogen-bond acceptors (Lipinski definition) is 5. The second kappa shape index (κ2) is 6.66. The SMILES string of the molecule is C1COCCO1.O=S(=O)=O. The van der Waals surface area contributed by atoms with E-state index in [1.165, 1.54) is 0 Å². The molecule has 0 spiro atoms. The van der Waals surface area contributed by atoms with Crippen LogP contribution in [0.1, 0.15) is 0 Å². The summed E-state index contributed by atoms with van der Waals surface area (Å²) in [6, 6.07) is 0. The Morgan fingerprint density at radius 3 is 1.10 bits per heavy atom. The maximum atomic E-state index is 8.44. The maximum absolute atomic E-state index is 8.44. The Morgan fingerprint density at radius 1 is 0.800 bits per heavy atom. The minimum atomic E-state index is -3.11. The number of hydrogen-bond donors (Lipinski definition) is 0. The van der Waals surface area contributed by atoms with E-state index in [0.717, 1.165) is 26.4 Å². The van der Waals surface area contributed by atoms with Crippen molar-refractivity contribution in [2.24, 2.45) is 0 Å². The van der Waals surface area contributed by atoms with Crippen LogP contribution in [0, 0.1) is 0 Å². The van der Waals surface area contributed by atoms with Crippen LogP contribution in [0.2, 0.25) is 0 Å². The van der Waals surface area contributed by atoms with Crippen LogP contribution in [-0.2, 0) is 20.1 Å². The zero-order chi connectivity index (χ0) is 7.82. The summed E-state index contributed by atoms with van der Waals surface area (Å²) in [7, 11) is -3.11. The highest BCUT2D eigenvalue weighted by molar-refractivity contribution is 7.59. The van der Waals surface area contributed by atoms with E-state index in [-0.39, 0.29) is 0 Å². The van der Waals surface area contributed by atoms with Crippen LogP contribution in [0.5, 0.6) is 0 Å². The van der Waals surface area contributed by atoms with Crippen LogP contribution >= 0.6 is 0 Å². The molecular weight excluding hydrogens is 160 g/mol. The summed E-state index contributed by atoms with van der Waals surface area (Å²) in [6.45, 7) is 3.11. The molecule has 1 saturated heterocycles. The predicted molar refractivity (Wildman–Crippen MR) is 31.3 cm³/mol. The van der Waals surface area contributed by atoms with E-state index >= 15 is 0 Å². The fourth-order valence-electron chi connectivity index (χ4n) is 0.440. The Balaban J connectivity index is 0.000000180. The Bertz CT molecular complexity index is 135. The first-order valence-electron chi connectivity index (χ1n) is 2.65. The second-order valence-electron chi connectivity index (χ2n) is 1.43. The molecule has 0 unspecified atom stereocenters. The van der Waals surface area contributed by atoms with E-state index in [2.05, 4.69) is 0 Å². The monoisotopic (exact) mass is 168 g/mol. The first-order valence-corrected chi connectivity index (χ1v) is 3.65. The average Bonchev–Trinajstić information content (AvgIpc) is 1.90. The van der Waals surface area contributed by atoms with Crippen LogP contribution in [-0.4, -0.2) is 39.1 Å². The van der Waals surface area contributed by atoms with Crippen LogP contribution in [0.15, 0.2) is 0 Å². The van der Waals surface area contributed by atoms with Crippen LogP contribution < -0.4 is 0 Å². The van der Waals surface area contributed by atoms with Gasteiger partial charge in [-0.15, -0.1) is 12.6 Å². The molecule has 0 aromatic rings. The van der Waals surface area contributed by atoms with E-state index in [4.69, 9.17) is 22.1 Å². The number of ether oxygens (including phenoxy) is 2. The van der Waals surface area contributed by atoms with Gasteiger partial charge in [0.2, 0.25) is 0 Å². The highest BCUT2D eigenvalue weighted by Gasteiger charge is 1.94. The average molecular weight is 168 g/mol. The summed E-state index contributed by atoms with van der Waals surface area (Å²) in [5.74, 6) is 0. The van der Waals surface area contributed by atoms with Crippen molar-refractivity contribution < 1.29 is 22.1 Å².